The van der Waals surface area contributed by atoms with E-state index >= 15 is 0 Å². The van der Waals surface area contributed by atoms with Crippen LogP contribution in [0, 0.1) is 0 Å². The van der Waals surface area contributed by atoms with Gasteiger partial charge in [0, 0.05) is 36.2 Å². The number of methoxy groups -OCH3 is 1. The van der Waals surface area contributed by atoms with E-state index in [1.165, 1.54) is 6.33 Å². The summed E-state index contributed by atoms with van der Waals surface area (Å²) < 4.78 is 5.04. The lowest BCUT2D eigenvalue weighted by atomic mass is 9.95. The molecule has 1 N–H and O–H groups in total. The number of piperidine rings is 1. The summed E-state index contributed by atoms with van der Waals surface area (Å²) in [4.78, 5) is 19.0. The Morgan fingerprint density at radius 3 is 2.70 bits per heavy atom. The lowest BCUT2D eigenvalue weighted by Gasteiger charge is -2.31. The first-order valence-corrected chi connectivity index (χ1v) is 8.87. The fourth-order valence-corrected chi connectivity index (χ4v) is 3.34. The number of nitrogens with zero attached hydrogens (tertiary/aromatic N) is 5. The Kier molecular flexibility index (Phi) is 4.78. The number of hydrogen-bond donors (Lipinski definition) is 1. The van der Waals surface area contributed by atoms with E-state index in [0.29, 0.717) is 36.1 Å². The van der Waals surface area contributed by atoms with Crippen molar-refractivity contribution in [1.82, 2.24) is 30.3 Å². The molecule has 0 atom stereocenters. The van der Waals surface area contributed by atoms with E-state index in [0.717, 1.165) is 24.2 Å². The van der Waals surface area contributed by atoms with Crippen LogP contribution in [0.25, 0.3) is 11.3 Å². The monoisotopic (exact) mass is 364 g/mol. The molecule has 138 valence electrons. The number of amides is 1. The maximum absolute atomic E-state index is 12.9. The van der Waals surface area contributed by atoms with Crippen molar-refractivity contribution in [3.05, 3.63) is 54.1 Å². The normalized spacial score (nSPS) is 14.9. The van der Waals surface area contributed by atoms with E-state index in [1.54, 1.807) is 13.2 Å². The summed E-state index contributed by atoms with van der Waals surface area (Å²) >= 11 is 0. The van der Waals surface area contributed by atoms with Crippen molar-refractivity contribution in [3.63, 3.8) is 0 Å². The predicted octanol–water partition coefficient (Wildman–Crippen LogP) is 2.29. The van der Waals surface area contributed by atoms with Gasteiger partial charge in [0.2, 0.25) is 5.88 Å². The van der Waals surface area contributed by atoms with E-state index in [2.05, 4.69) is 25.4 Å². The average molecular weight is 364 g/mol. The van der Waals surface area contributed by atoms with E-state index < -0.39 is 0 Å². The van der Waals surface area contributed by atoms with Gasteiger partial charge in [0.25, 0.3) is 5.91 Å². The molecule has 2 aromatic heterocycles. The number of hydrogen-bond acceptors (Lipinski definition) is 6. The molecule has 1 saturated heterocycles. The molecule has 1 fully saturated rings. The molecule has 27 heavy (non-hydrogen) atoms. The first-order chi connectivity index (χ1) is 13.2. The summed E-state index contributed by atoms with van der Waals surface area (Å²) in [5.41, 5.74) is 2.21. The van der Waals surface area contributed by atoms with Gasteiger partial charge in [0.1, 0.15) is 12.2 Å². The Morgan fingerprint density at radius 2 is 2.04 bits per heavy atom. The largest absolute Gasteiger partial charge is 0.480 e. The van der Waals surface area contributed by atoms with Gasteiger partial charge in [-0.3, -0.25) is 9.89 Å². The van der Waals surface area contributed by atoms with Gasteiger partial charge < -0.3 is 9.64 Å². The molecule has 1 aliphatic heterocycles. The Labute approximate surface area is 156 Å². The van der Waals surface area contributed by atoms with Crippen LogP contribution < -0.4 is 4.74 Å². The van der Waals surface area contributed by atoms with Crippen LogP contribution in [-0.4, -0.2) is 56.4 Å². The SMILES string of the molecule is COc1ccc(-c2cccc(C(=O)N3CCC(c4ncn[nH]4)CC3)c2)nn1. The highest BCUT2D eigenvalue weighted by molar-refractivity contribution is 5.95. The molecule has 0 bridgehead atoms. The predicted molar refractivity (Wildman–Crippen MR) is 98.3 cm³/mol. The maximum Gasteiger partial charge on any atom is 0.253 e. The van der Waals surface area contributed by atoms with Gasteiger partial charge in [-0.25, -0.2) is 4.98 Å². The Balaban J connectivity index is 1.46. The second-order valence-electron chi connectivity index (χ2n) is 6.48. The number of rotatable bonds is 4. The van der Waals surface area contributed by atoms with Gasteiger partial charge in [-0.05, 0) is 31.0 Å². The average Bonchev–Trinajstić information content (AvgIpc) is 3.28. The summed E-state index contributed by atoms with van der Waals surface area (Å²) in [5.74, 6) is 1.73. The minimum absolute atomic E-state index is 0.0364. The molecule has 4 rings (SSSR count). The molecule has 0 saturated carbocycles. The highest BCUT2D eigenvalue weighted by atomic mass is 16.5. The summed E-state index contributed by atoms with van der Waals surface area (Å²) in [7, 11) is 1.55. The fourth-order valence-electron chi connectivity index (χ4n) is 3.34. The number of likely N-dealkylation sites (tertiary alicyclic amines) is 1. The van der Waals surface area contributed by atoms with Crippen LogP contribution in [-0.2, 0) is 0 Å². The van der Waals surface area contributed by atoms with Crippen molar-refractivity contribution in [2.24, 2.45) is 0 Å². The third kappa shape index (κ3) is 3.64. The quantitative estimate of drug-likeness (QED) is 0.763. The number of H-pyrrole nitrogens is 1. The van der Waals surface area contributed by atoms with Gasteiger partial charge in [-0.1, -0.05) is 12.1 Å². The van der Waals surface area contributed by atoms with Gasteiger partial charge in [-0.15, -0.1) is 10.2 Å². The third-order valence-corrected chi connectivity index (χ3v) is 4.86. The Morgan fingerprint density at radius 1 is 1.19 bits per heavy atom. The van der Waals surface area contributed by atoms with Crippen LogP contribution in [0.1, 0.15) is 34.9 Å². The minimum atomic E-state index is 0.0364. The number of nitrogens with one attached hydrogen (secondary N) is 1. The van der Waals surface area contributed by atoms with E-state index in [9.17, 15) is 4.79 Å². The van der Waals surface area contributed by atoms with Crippen LogP contribution in [0.4, 0.5) is 0 Å². The molecule has 1 aromatic carbocycles. The molecule has 3 heterocycles. The van der Waals surface area contributed by atoms with Crippen molar-refractivity contribution in [2.45, 2.75) is 18.8 Å². The van der Waals surface area contributed by atoms with Gasteiger partial charge in [0.05, 0.1) is 12.8 Å². The number of carbonyl (C=O) groups is 1. The van der Waals surface area contributed by atoms with E-state index in [1.807, 2.05) is 35.2 Å². The summed E-state index contributed by atoms with van der Waals surface area (Å²) in [6, 6.07) is 11.1. The second kappa shape index (κ2) is 7.53. The summed E-state index contributed by atoms with van der Waals surface area (Å²) in [6.45, 7) is 1.41. The van der Waals surface area contributed by atoms with Crippen LogP contribution in [0.3, 0.4) is 0 Å². The van der Waals surface area contributed by atoms with Gasteiger partial charge >= 0.3 is 0 Å². The molecule has 1 aliphatic rings. The lowest BCUT2D eigenvalue weighted by Crippen LogP contribution is -2.38. The van der Waals surface area contributed by atoms with Crippen molar-refractivity contribution >= 4 is 5.91 Å². The van der Waals surface area contributed by atoms with Crippen LogP contribution in [0.2, 0.25) is 0 Å². The van der Waals surface area contributed by atoms with Crippen molar-refractivity contribution in [3.8, 4) is 17.1 Å². The third-order valence-electron chi connectivity index (χ3n) is 4.86. The zero-order valence-corrected chi connectivity index (χ0v) is 15.0. The molecule has 3 aromatic rings. The van der Waals surface area contributed by atoms with Crippen LogP contribution in [0.15, 0.2) is 42.7 Å². The first-order valence-electron chi connectivity index (χ1n) is 8.87. The highest BCUT2D eigenvalue weighted by Crippen LogP contribution is 2.26. The number of ether oxygens (including phenoxy) is 1. The fraction of sp³-hybridized carbons (Fsp3) is 0.316. The molecule has 0 radical (unpaired) electrons. The molecule has 0 spiro atoms. The number of aromatic amines is 1. The topological polar surface area (TPSA) is 96.9 Å². The minimum Gasteiger partial charge on any atom is -0.480 e. The zero-order chi connectivity index (χ0) is 18.6. The van der Waals surface area contributed by atoms with Gasteiger partial charge in [0.15, 0.2) is 0 Å². The Hall–Kier alpha value is -3.29. The molecular weight excluding hydrogens is 344 g/mol. The number of aromatic nitrogens is 5. The smallest absolute Gasteiger partial charge is 0.253 e. The maximum atomic E-state index is 12.9. The number of carbonyl (C=O) groups excluding carboxylic acids is 1. The molecular formula is C19H20N6O2. The second-order valence-corrected chi connectivity index (χ2v) is 6.48. The Bertz CT molecular complexity index is 902. The van der Waals surface area contributed by atoms with Crippen molar-refractivity contribution < 1.29 is 9.53 Å². The zero-order valence-electron chi connectivity index (χ0n) is 15.0. The molecule has 0 unspecified atom stereocenters. The van der Waals surface area contributed by atoms with Crippen LogP contribution >= 0.6 is 0 Å². The summed E-state index contributed by atoms with van der Waals surface area (Å²) in [6.07, 6.45) is 3.29. The van der Waals surface area contributed by atoms with E-state index in [4.69, 9.17) is 4.74 Å². The highest BCUT2D eigenvalue weighted by Gasteiger charge is 2.26. The number of benzene rings is 1. The first kappa shape index (κ1) is 17.1. The lowest BCUT2D eigenvalue weighted by molar-refractivity contribution is 0.0711. The molecule has 0 aliphatic carbocycles. The van der Waals surface area contributed by atoms with Crippen LogP contribution in [0.5, 0.6) is 5.88 Å². The molecule has 8 heteroatoms. The summed E-state index contributed by atoms with van der Waals surface area (Å²) in [5, 5.41) is 15.0. The molecule has 1 amide bonds. The molecule has 8 nitrogen and oxygen atoms in total. The van der Waals surface area contributed by atoms with E-state index in [-0.39, 0.29) is 5.91 Å². The standard InChI is InChI=1S/C19H20N6O2/c1-27-17-6-5-16(22-23-17)14-3-2-4-15(11-14)19(26)25-9-7-13(8-10-25)18-20-12-21-24-18/h2-6,11-13H,7-10H2,1H3,(H,20,21,24). The van der Waals surface area contributed by atoms with Crippen molar-refractivity contribution in [1.29, 1.82) is 0 Å². The van der Waals surface area contributed by atoms with Crippen molar-refractivity contribution in [2.75, 3.05) is 20.2 Å². The van der Waals surface area contributed by atoms with Gasteiger partial charge in [-0.2, -0.15) is 5.10 Å².